The fourth-order valence-corrected chi connectivity index (χ4v) is 0.813. The lowest BCUT2D eigenvalue weighted by Crippen LogP contribution is -1.82. The van der Waals surface area contributed by atoms with Crippen molar-refractivity contribution < 1.29 is 3.07 Å². The number of benzene rings is 1. The molecule has 9 heavy (non-hydrogen) atoms. The maximum absolute atomic E-state index is 5.42. The third-order valence-corrected chi connectivity index (χ3v) is 1.48. The maximum atomic E-state index is 5.42. The van der Waals surface area contributed by atoms with Gasteiger partial charge in [-0.05, 0) is 24.3 Å². The van der Waals surface area contributed by atoms with Gasteiger partial charge >= 0.3 is 0 Å². The van der Waals surface area contributed by atoms with Gasteiger partial charge in [0.1, 0.15) is 5.75 Å². The van der Waals surface area contributed by atoms with Gasteiger partial charge in [0.05, 0.1) is 0 Å². The van der Waals surface area contributed by atoms with E-state index in [0.29, 0.717) is 0 Å². The van der Waals surface area contributed by atoms with Crippen molar-refractivity contribution in [1.29, 1.82) is 0 Å². The molecule has 0 amide bonds. The summed E-state index contributed by atoms with van der Waals surface area (Å²) in [7, 11) is 0. The number of anilines is 1. The predicted molar refractivity (Wildman–Crippen MR) is 45.5 cm³/mol. The van der Waals surface area contributed by atoms with Crippen molar-refractivity contribution in [2.24, 2.45) is 0 Å². The first-order valence-electron chi connectivity index (χ1n) is 2.47. The predicted octanol–water partition coefficient (Wildman–Crippen LogP) is 2.00. The summed E-state index contributed by atoms with van der Waals surface area (Å²) in [4.78, 5) is 0. The summed E-state index contributed by atoms with van der Waals surface area (Å²) in [6.07, 6.45) is 0. The number of hydrogen-bond acceptors (Lipinski definition) is 2. The summed E-state index contributed by atoms with van der Waals surface area (Å²) in [6.45, 7) is 0. The van der Waals surface area contributed by atoms with E-state index in [1.54, 1.807) is 12.1 Å². The lowest BCUT2D eigenvalue weighted by Gasteiger charge is -1.94. The molecular formula is C6H6INO. The van der Waals surface area contributed by atoms with E-state index in [-0.39, 0.29) is 0 Å². The van der Waals surface area contributed by atoms with Crippen LogP contribution in [0.25, 0.3) is 0 Å². The molecule has 1 rings (SSSR count). The van der Waals surface area contributed by atoms with Gasteiger partial charge in [0.15, 0.2) is 23.0 Å². The molecule has 0 aromatic heterocycles. The molecule has 0 atom stereocenters. The maximum Gasteiger partial charge on any atom is 0.192 e. The molecule has 0 spiro atoms. The van der Waals surface area contributed by atoms with Crippen molar-refractivity contribution in [3.8, 4) is 5.75 Å². The van der Waals surface area contributed by atoms with Crippen LogP contribution in [-0.2, 0) is 0 Å². The first-order valence-corrected chi connectivity index (χ1v) is 3.35. The normalized spacial score (nSPS) is 9.00. The van der Waals surface area contributed by atoms with Crippen molar-refractivity contribution in [2.75, 3.05) is 5.73 Å². The van der Waals surface area contributed by atoms with Gasteiger partial charge in [0.25, 0.3) is 0 Å². The fourth-order valence-electron chi connectivity index (χ4n) is 0.519. The molecule has 0 heterocycles. The fraction of sp³-hybridized carbons (Fsp3) is 0. The largest absolute Gasteiger partial charge is 0.428 e. The van der Waals surface area contributed by atoms with Crippen LogP contribution in [0.15, 0.2) is 24.3 Å². The lowest BCUT2D eigenvalue weighted by atomic mass is 10.3. The quantitative estimate of drug-likeness (QED) is 0.596. The Kier molecular flexibility index (Phi) is 2.16. The van der Waals surface area contributed by atoms with Crippen LogP contribution < -0.4 is 8.80 Å². The van der Waals surface area contributed by atoms with E-state index in [2.05, 4.69) is 0 Å². The first kappa shape index (κ1) is 6.67. The average Bonchev–Trinajstić information content (AvgIpc) is 1.90. The van der Waals surface area contributed by atoms with Crippen molar-refractivity contribution in [1.82, 2.24) is 0 Å². The summed E-state index contributed by atoms with van der Waals surface area (Å²) in [5.74, 6) is 0.824. The molecule has 0 aliphatic rings. The van der Waals surface area contributed by atoms with Gasteiger partial charge in [0.2, 0.25) is 0 Å². The van der Waals surface area contributed by atoms with Gasteiger partial charge in [-0.2, -0.15) is 0 Å². The van der Waals surface area contributed by atoms with Gasteiger partial charge in [-0.15, -0.1) is 0 Å². The summed E-state index contributed by atoms with van der Waals surface area (Å²) in [6, 6.07) is 7.24. The molecule has 0 aliphatic heterocycles. The SMILES string of the molecule is Nc1ccc(OI)cc1. The standard InChI is InChI=1S/C6H6INO/c7-9-6-3-1-5(8)2-4-6/h1-4H,8H2. The zero-order valence-corrected chi connectivity index (χ0v) is 6.83. The minimum Gasteiger partial charge on any atom is -0.428 e. The number of halogens is 1. The molecule has 2 nitrogen and oxygen atoms in total. The molecule has 0 saturated carbocycles. The second-order valence-corrected chi connectivity index (χ2v) is 2.09. The van der Waals surface area contributed by atoms with Crippen molar-refractivity contribution in [3.63, 3.8) is 0 Å². The third kappa shape index (κ3) is 1.74. The molecule has 1 aromatic carbocycles. The van der Waals surface area contributed by atoms with Crippen LogP contribution in [0.5, 0.6) is 5.75 Å². The van der Waals surface area contributed by atoms with E-state index in [1.807, 2.05) is 35.1 Å². The molecule has 0 radical (unpaired) electrons. The Morgan fingerprint density at radius 2 is 1.78 bits per heavy atom. The lowest BCUT2D eigenvalue weighted by molar-refractivity contribution is 0.717. The molecular weight excluding hydrogens is 229 g/mol. The van der Waals surface area contributed by atoms with E-state index in [0.717, 1.165) is 11.4 Å². The van der Waals surface area contributed by atoms with Crippen LogP contribution in [0.4, 0.5) is 5.69 Å². The van der Waals surface area contributed by atoms with E-state index in [1.165, 1.54) is 0 Å². The highest BCUT2D eigenvalue weighted by atomic mass is 127. The van der Waals surface area contributed by atoms with Crippen molar-refractivity contribution in [3.05, 3.63) is 24.3 Å². The molecule has 48 valence electrons. The number of nitrogens with two attached hydrogens (primary N) is 1. The van der Waals surface area contributed by atoms with E-state index in [9.17, 15) is 0 Å². The van der Waals surface area contributed by atoms with E-state index >= 15 is 0 Å². The van der Waals surface area contributed by atoms with Crippen LogP contribution in [0.3, 0.4) is 0 Å². The van der Waals surface area contributed by atoms with Crippen LogP contribution in [0.2, 0.25) is 0 Å². The Balaban J connectivity index is 2.88. The average molecular weight is 235 g/mol. The number of rotatable bonds is 1. The van der Waals surface area contributed by atoms with Gasteiger partial charge in [0, 0.05) is 5.69 Å². The Hall–Kier alpha value is -0.450. The molecule has 1 aromatic rings. The second kappa shape index (κ2) is 2.91. The topological polar surface area (TPSA) is 35.2 Å². The van der Waals surface area contributed by atoms with Crippen LogP contribution in [0.1, 0.15) is 0 Å². The molecule has 2 N–H and O–H groups in total. The highest BCUT2D eigenvalue weighted by Gasteiger charge is 1.87. The van der Waals surface area contributed by atoms with Gasteiger partial charge in [-0.3, -0.25) is 0 Å². The Morgan fingerprint density at radius 1 is 1.22 bits per heavy atom. The van der Waals surface area contributed by atoms with Gasteiger partial charge in [-0.25, -0.2) is 0 Å². The second-order valence-electron chi connectivity index (χ2n) is 1.65. The van der Waals surface area contributed by atoms with Crippen LogP contribution in [0, 0.1) is 0 Å². The van der Waals surface area contributed by atoms with Crippen molar-refractivity contribution in [2.45, 2.75) is 0 Å². The minimum absolute atomic E-state index is 0.757. The molecule has 0 fully saturated rings. The summed E-state index contributed by atoms with van der Waals surface area (Å²) >= 11 is 1.82. The molecule has 3 heteroatoms. The van der Waals surface area contributed by atoms with E-state index in [4.69, 9.17) is 8.80 Å². The Morgan fingerprint density at radius 3 is 2.22 bits per heavy atom. The molecule has 0 bridgehead atoms. The summed E-state index contributed by atoms with van der Waals surface area (Å²) < 4.78 is 4.88. The zero-order valence-electron chi connectivity index (χ0n) is 4.67. The van der Waals surface area contributed by atoms with E-state index < -0.39 is 0 Å². The zero-order chi connectivity index (χ0) is 6.69. The van der Waals surface area contributed by atoms with Crippen molar-refractivity contribution >= 4 is 28.7 Å². The molecule has 0 unspecified atom stereocenters. The minimum atomic E-state index is 0.757. The van der Waals surface area contributed by atoms with Crippen LogP contribution in [-0.4, -0.2) is 0 Å². The first-order chi connectivity index (χ1) is 4.33. The van der Waals surface area contributed by atoms with Gasteiger partial charge in [-0.1, -0.05) is 0 Å². The van der Waals surface area contributed by atoms with Crippen LogP contribution >= 0.6 is 23.0 Å². The smallest absolute Gasteiger partial charge is 0.192 e. The Bertz CT molecular complexity index is 185. The molecule has 0 aliphatic carbocycles. The summed E-state index contributed by atoms with van der Waals surface area (Å²) in [5.41, 5.74) is 6.18. The Labute approximate surface area is 67.7 Å². The highest BCUT2D eigenvalue weighted by molar-refractivity contribution is 14.1. The number of nitrogen functional groups attached to an aromatic ring is 1. The monoisotopic (exact) mass is 235 g/mol. The number of hydrogen-bond donors (Lipinski definition) is 1. The highest BCUT2D eigenvalue weighted by Crippen LogP contribution is 2.14. The van der Waals surface area contributed by atoms with Gasteiger partial charge < -0.3 is 8.80 Å². The molecule has 0 saturated heterocycles. The summed E-state index contributed by atoms with van der Waals surface area (Å²) in [5, 5.41) is 0. The third-order valence-electron chi connectivity index (χ3n) is 0.969.